The lowest BCUT2D eigenvalue weighted by atomic mass is 9.94. The molecule has 0 radical (unpaired) electrons. The number of nitrogens with one attached hydrogen (secondary N) is 1. The third-order valence-corrected chi connectivity index (χ3v) is 4.34. The summed E-state index contributed by atoms with van der Waals surface area (Å²) >= 11 is 0. The fraction of sp³-hybridized carbons (Fsp3) is 0.444. The summed E-state index contributed by atoms with van der Waals surface area (Å²) in [5.41, 5.74) is 8.57. The van der Waals surface area contributed by atoms with Gasteiger partial charge in [-0.05, 0) is 50.1 Å². The standard InChI is InChI=1S/C18H24N4O2/c1-13-8-17(21-20-13)15-5-3-7-22(11-15)10-14-4-2-6-16(9-14)24-12-18(19)23/h2,4,6,8-9,15H,3,5,7,10-12H2,1H3,(H2,19,23)(H,20,21)/t15-/m0/s1. The number of H-pyrrole nitrogens is 1. The average Bonchev–Trinajstić information content (AvgIpc) is 3.00. The highest BCUT2D eigenvalue weighted by atomic mass is 16.5. The molecule has 1 atom stereocenters. The van der Waals surface area contributed by atoms with E-state index in [0.29, 0.717) is 11.7 Å². The Hall–Kier alpha value is -2.34. The lowest BCUT2D eigenvalue weighted by Crippen LogP contribution is -2.34. The highest BCUT2D eigenvalue weighted by molar-refractivity contribution is 5.75. The van der Waals surface area contributed by atoms with Crippen LogP contribution in [0.2, 0.25) is 0 Å². The number of hydrogen-bond acceptors (Lipinski definition) is 4. The Morgan fingerprint density at radius 2 is 2.33 bits per heavy atom. The normalized spacial score (nSPS) is 18.5. The van der Waals surface area contributed by atoms with Gasteiger partial charge in [-0.15, -0.1) is 0 Å². The molecule has 24 heavy (non-hydrogen) atoms. The number of aryl methyl sites for hydroxylation is 1. The van der Waals surface area contributed by atoms with E-state index in [4.69, 9.17) is 10.5 Å². The third kappa shape index (κ3) is 4.35. The number of likely N-dealkylation sites (tertiary alicyclic amines) is 1. The molecule has 1 amide bonds. The van der Waals surface area contributed by atoms with Crippen LogP contribution in [0.25, 0.3) is 0 Å². The van der Waals surface area contributed by atoms with Gasteiger partial charge in [0.2, 0.25) is 0 Å². The quantitative estimate of drug-likeness (QED) is 0.849. The largest absolute Gasteiger partial charge is 0.484 e. The van der Waals surface area contributed by atoms with Crippen molar-refractivity contribution >= 4 is 5.91 Å². The molecule has 1 fully saturated rings. The second-order valence-corrected chi connectivity index (χ2v) is 6.45. The number of aromatic amines is 1. The summed E-state index contributed by atoms with van der Waals surface area (Å²) in [6.07, 6.45) is 2.36. The first kappa shape index (κ1) is 16.5. The first-order valence-corrected chi connectivity index (χ1v) is 8.34. The van der Waals surface area contributed by atoms with Crippen LogP contribution in [0.1, 0.15) is 35.7 Å². The summed E-state index contributed by atoms with van der Waals surface area (Å²) in [7, 11) is 0. The van der Waals surface area contributed by atoms with Gasteiger partial charge in [0.15, 0.2) is 6.61 Å². The Labute approximate surface area is 142 Å². The fourth-order valence-corrected chi connectivity index (χ4v) is 3.24. The summed E-state index contributed by atoms with van der Waals surface area (Å²) in [5, 5.41) is 7.46. The number of nitrogens with zero attached hydrogens (tertiary/aromatic N) is 2. The van der Waals surface area contributed by atoms with Gasteiger partial charge in [-0.3, -0.25) is 14.8 Å². The number of rotatable bonds is 6. The summed E-state index contributed by atoms with van der Waals surface area (Å²) < 4.78 is 5.38. The predicted molar refractivity (Wildman–Crippen MR) is 91.7 cm³/mol. The highest BCUT2D eigenvalue weighted by Crippen LogP contribution is 2.27. The van der Waals surface area contributed by atoms with Crippen molar-refractivity contribution in [2.75, 3.05) is 19.7 Å². The number of ether oxygens (including phenoxy) is 1. The van der Waals surface area contributed by atoms with E-state index in [9.17, 15) is 4.79 Å². The molecule has 128 valence electrons. The van der Waals surface area contributed by atoms with Crippen molar-refractivity contribution in [2.45, 2.75) is 32.2 Å². The number of nitrogens with two attached hydrogens (primary N) is 1. The van der Waals surface area contributed by atoms with Crippen molar-refractivity contribution in [3.63, 3.8) is 0 Å². The maximum absolute atomic E-state index is 10.8. The zero-order valence-corrected chi connectivity index (χ0v) is 14.0. The van der Waals surface area contributed by atoms with Gasteiger partial charge in [0.05, 0.1) is 5.69 Å². The van der Waals surface area contributed by atoms with Crippen LogP contribution in [-0.2, 0) is 11.3 Å². The molecule has 1 aromatic carbocycles. The van der Waals surface area contributed by atoms with E-state index in [0.717, 1.165) is 31.0 Å². The van der Waals surface area contributed by atoms with E-state index in [2.05, 4.69) is 27.2 Å². The molecule has 6 nitrogen and oxygen atoms in total. The fourth-order valence-electron chi connectivity index (χ4n) is 3.24. The average molecular weight is 328 g/mol. The Morgan fingerprint density at radius 1 is 1.46 bits per heavy atom. The van der Waals surface area contributed by atoms with Crippen LogP contribution >= 0.6 is 0 Å². The third-order valence-electron chi connectivity index (χ3n) is 4.34. The second kappa shape index (κ2) is 7.49. The molecule has 0 unspecified atom stereocenters. The van der Waals surface area contributed by atoms with Crippen molar-refractivity contribution < 1.29 is 9.53 Å². The van der Waals surface area contributed by atoms with Crippen LogP contribution in [0.15, 0.2) is 30.3 Å². The number of aromatic nitrogens is 2. The monoisotopic (exact) mass is 328 g/mol. The maximum atomic E-state index is 10.8. The minimum absolute atomic E-state index is 0.0895. The van der Waals surface area contributed by atoms with Crippen LogP contribution < -0.4 is 10.5 Å². The molecule has 0 aliphatic carbocycles. The van der Waals surface area contributed by atoms with E-state index in [1.807, 2.05) is 25.1 Å². The molecule has 1 saturated heterocycles. The lowest BCUT2D eigenvalue weighted by molar-refractivity contribution is -0.119. The van der Waals surface area contributed by atoms with E-state index in [1.165, 1.54) is 18.4 Å². The van der Waals surface area contributed by atoms with Gasteiger partial charge in [-0.2, -0.15) is 5.10 Å². The minimum atomic E-state index is -0.464. The Bertz CT molecular complexity index is 698. The number of piperidine rings is 1. The van der Waals surface area contributed by atoms with E-state index in [-0.39, 0.29) is 6.61 Å². The zero-order chi connectivity index (χ0) is 16.9. The summed E-state index contributed by atoms with van der Waals surface area (Å²) in [6, 6.07) is 10.00. The van der Waals surface area contributed by atoms with Crippen LogP contribution in [0.3, 0.4) is 0 Å². The van der Waals surface area contributed by atoms with Crippen LogP contribution in [0.5, 0.6) is 5.75 Å². The number of carbonyl (C=O) groups excluding carboxylic acids is 1. The van der Waals surface area contributed by atoms with E-state index >= 15 is 0 Å². The summed E-state index contributed by atoms with van der Waals surface area (Å²) in [5.74, 6) is 0.703. The molecule has 3 rings (SSSR count). The molecule has 1 aliphatic rings. The first-order valence-electron chi connectivity index (χ1n) is 8.34. The van der Waals surface area contributed by atoms with Crippen molar-refractivity contribution in [3.05, 3.63) is 47.3 Å². The molecule has 1 aliphatic heterocycles. The molecular weight excluding hydrogens is 304 g/mol. The summed E-state index contributed by atoms with van der Waals surface area (Å²) in [6.45, 7) is 4.92. The van der Waals surface area contributed by atoms with Crippen molar-refractivity contribution in [2.24, 2.45) is 5.73 Å². The molecular formula is C18H24N4O2. The maximum Gasteiger partial charge on any atom is 0.255 e. The molecule has 2 heterocycles. The number of amides is 1. The molecule has 3 N–H and O–H groups in total. The summed E-state index contributed by atoms with van der Waals surface area (Å²) in [4.78, 5) is 13.3. The molecule has 6 heteroatoms. The van der Waals surface area contributed by atoms with Crippen LogP contribution in [0.4, 0.5) is 0 Å². The van der Waals surface area contributed by atoms with Gasteiger partial charge in [0.25, 0.3) is 5.91 Å². The Morgan fingerprint density at radius 3 is 3.08 bits per heavy atom. The molecule has 2 aromatic rings. The number of carbonyl (C=O) groups is 1. The number of hydrogen-bond donors (Lipinski definition) is 2. The van der Waals surface area contributed by atoms with E-state index < -0.39 is 5.91 Å². The second-order valence-electron chi connectivity index (χ2n) is 6.45. The zero-order valence-electron chi connectivity index (χ0n) is 14.0. The van der Waals surface area contributed by atoms with Crippen LogP contribution in [0, 0.1) is 6.92 Å². The molecule has 0 saturated carbocycles. The van der Waals surface area contributed by atoms with Crippen molar-refractivity contribution in [1.82, 2.24) is 15.1 Å². The minimum Gasteiger partial charge on any atom is -0.484 e. The Kier molecular flexibility index (Phi) is 5.15. The predicted octanol–water partition coefficient (Wildman–Crippen LogP) is 1.96. The van der Waals surface area contributed by atoms with Gasteiger partial charge in [-0.25, -0.2) is 0 Å². The number of primary amides is 1. The molecule has 0 spiro atoms. The topological polar surface area (TPSA) is 84.2 Å². The lowest BCUT2D eigenvalue weighted by Gasteiger charge is -2.32. The smallest absolute Gasteiger partial charge is 0.255 e. The molecule has 0 bridgehead atoms. The van der Waals surface area contributed by atoms with Gasteiger partial charge < -0.3 is 10.5 Å². The van der Waals surface area contributed by atoms with Gasteiger partial charge in [-0.1, -0.05) is 12.1 Å². The first-order chi connectivity index (χ1) is 11.6. The van der Waals surface area contributed by atoms with E-state index in [1.54, 1.807) is 0 Å². The SMILES string of the molecule is Cc1cc([C@H]2CCCN(Cc3cccc(OCC(N)=O)c3)C2)n[nH]1. The van der Waals surface area contributed by atoms with Crippen molar-refractivity contribution in [1.29, 1.82) is 0 Å². The van der Waals surface area contributed by atoms with Gasteiger partial charge >= 0.3 is 0 Å². The molecule has 1 aromatic heterocycles. The number of benzene rings is 1. The van der Waals surface area contributed by atoms with Gasteiger partial charge in [0.1, 0.15) is 5.75 Å². The highest BCUT2D eigenvalue weighted by Gasteiger charge is 2.23. The Balaban J connectivity index is 1.61. The van der Waals surface area contributed by atoms with Crippen LogP contribution in [-0.4, -0.2) is 40.7 Å². The van der Waals surface area contributed by atoms with Gasteiger partial charge in [0, 0.05) is 24.7 Å². The van der Waals surface area contributed by atoms with Crippen molar-refractivity contribution in [3.8, 4) is 5.75 Å².